The zero-order valence-corrected chi connectivity index (χ0v) is 20.1. The Kier molecular flexibility index (Phi) is 6.94. The highest BCUT2D eigenvalue weighted by Crippen LogP contribution is 2.29. The van der Waals surface area contributed by atoms with Gasteiger partial charge in [0.2, 0.25) is 0 Å². The first kappa shape index (κ1) is 24.1. The number of nitro benzene ring substituents is 1. The van der Waals surface area contributed by atoms with Crippen molar-refractivity contribution in [1.82, 2.24) is 5.32 Å². The third kappa shape index (κ3) is 5.39. The average Bonchev–Trinajstić information content (AvgIpc) is 2.81. The number of barbiturate groups is 1. The molecule has 1 fully saturated rings. The molecule has 35 heavy (non-hydrogen) atoms. The Labute approximate surface area is 212 Å². The Morgan fingerprint density at radius 3 is 2.49 bits per heavy atom. The summed E-state index contributed by atoms with van der Waals surface area (Å²) in [4.78, 5) is 49.3. The number of benzene rings is 3. The van der Waals surface area contributed by atoms with Crippen LogP contribution in [0.15, 0.2) is 76.8 Å². The monoisotopic (exact) mass is 555 g/mol. The molecule has 0 aromatic heterocycles. The smallest absolute Gasteiger partial charge is 0.335 e. The molecular formula is C24H15BrClN3O6. The van der Waals surface area contributed by atoms with E-state index in [1.165, 1.54) is 30.3 Å². The lowest BCUT2D eigenvalue weighted by molar-refractivity contribution is -0.384. The SMILES string of the molecule is O=C1NC(=O)N(c2cccc(Cl)c2)C(=O)/C1=C/c1cc(Br)ccc1OCc1ccc([N+](=O)[O-])cc1. The summed E-state index contributed by atoms with van der Waals surface area (Å²) in [6.45, 7) is 0.0864. The van der Waals surface area contributed by atoms with Crippen LogP contribution in [0.3, 0.4) is 0 Å². The highest BCUT2D eigenvalue weighted by atomic mass is 79.9. The first-order valence-electron chi connectivity index (χ1n) is 10.1. The van der Waals surface area contributed by atoms with Gasteiger partial charge in [0.1, 0.15) is 17.9 Å². The zero-order chi connectivity index (χ0) is 25.1. The third-order valence-electron chi connectivity index (χ3n) is 4.98. The van der Waals surface area contributed by atoms with Crippen molar-refractivity contribution in [2.45, 2.75) is 6.61 Å². The van der Waals surface area contributed by atoms with Crippen LogP contribution in [0, 0.1) is 10.1 Å². The van der Waals surface area contributed by atoms with Crippen LogP contribution in [0.4, 0.5) is 16.2 Å². The number of hydrogen-bond donors (Lipinski definition) is 1. The summed E-state index contributed by atoms with van der Waals surface area (Å²) >= 11 is 9.36. The molecule has 1 aliphatic heterocycles. The third-order valence-corrected chi connectivity index (χ3v) is 5.71. The van der Waals surface area contributed by atoms with Crippen molar-refractivity contribution in [2.75, 3.05) is 4.90 Å². The lowest BCUT2D eigenvalue weighted by atomic mass is 10.1. The molecule has 1 heterocycles. The van der Waals surface area contributed by atoms with Crippen LogP contribution in [0.2, 0.25) is 5.02 Å². The Morgan fingerprint density at radius 1 is 1.06 bits per heavy atom. The summed E-state index contributed by atoms with van der Waals surface area (Å²) < 4.78 is 6.53. The van der Waals surface area contributed by atoms with Crippen molar-refractivity contribution in [3.63, 3.8) is 0 Å². The van der Waals surface area contributed by atoms with Crippen molar-refractivity contribution in [3.8, 4) is 5.75 Å². The first-order valence-corrected chi connectivity index (χ1v) is 11.2. The molecule has 9 nitrogen and oxygen atoms in total. The molecule has 1 N–H and O–H groups in total. The van der Waals surface area contributed by atoms with Crippen LogP contribution in [-0.4, -0.2) is 22.8 Å². The molecule has 0 unspecified atom stereocenters. The van der Waals surface area contributed by atoms with Gasteiger partial charge < -0.3 is 4.74 Å². The van der Waals surface area contributed by atoms with E-state index in [9.17, 15) is 24.5 Å². The molecule has 0 aliphatic carbocycles. The first-order chi connectivity index (χ1) is 16.7. The number of carbonyl (C=O) groups excluding carboxylic acids is 3. The number of anilines is 1. The van der Waals surface area contributed by atoms with E-state index in [0.29, 0.717) is 26.4 Å². The van der Waals surface area contributed by atoms with E-state index in [2.05, 4.69) is 21.2 Å². The number of nitrogens with one attached hydrogen (secondary N) is 1. The topological polar surface area (TPSA) is 119 Å². The molecule has 4 rings (SSSR count). The summed E-state index contributed by atoms with van der Waals surface area (Å²) in [6, 6.07) is 16.1. The minimum atomic E-state index is -0.886. The Balaban J connectivity index is 1.64. The van der Waals surface area contributed by atoms with E-state index in [0.717, 1.165) is 4.90 Å². The number of imide groups is 2. The zero-order valence-electron chi connectivity index (χ0n) is 17.7. The second-order valence-corrected chi connectivity index (χ2v) is 8.68. The maximum absolute atomic E-state index is 13.2. The van der Waals surface area contributed by atoms with Gasteiger partial charge in [-0.05, 0) is 60.2 Å². The lowest BCUT2D eigenvalue weighted by Gasteiger charge is -2.26. The molecule has 0 atom stereocenters. The van der Waals surface area contributed by atoms with E-state index in [4.69, 9.17) is 16.3 Å². The largest absolute Gasteiger partial charge is 0.488 e. The van der Waals surface area contributed by atoms with Crippen LogP contribution < -0.4 is 15.0 Å². The number of amides is 4. The summed E-state index contributed by atoms with van der Waals surface area (Å²) in [7, 11) is 0. The van der Waals surface area contributed by atoms with Crippen LogP contribution in [-0.2, 0) is 16.2 Å². The van der Waals surface area contributed by atoms with Gasteiger partial charge >= 0.3 is 6.03 Å². The fourth-order valence-electron chi connectivity index (χ4n) is 3.30. The van der Waals surface area contributed by atoms with Crippen molar-refractivity contribution in [1.29, 1.82) is 0 Å². The number of halogens is 2. The van der Waals surface area contributed by atoms with E-state index >= 15 is 0 Å². The van der Waals surface area contributed by atoms with Crippen LogP contribution in [0.1, 0.15) is 11.1 Å². The number of rotatable bonds is 6. The number of ether oxygens (including phenoxy) is 1. The van der Waals surface area contributed by atoms with Crippen LogP contribution >= 0.6 is 27.5 Å². The summed E-state index contributed by atoms with van der Waals surface area (Å²) in [5.41, 5.74) is 0.982. The molecule has 0 bridgehead atoms. The van der Waals surface area contributed by atoms with Gasteiger partial charge in [0.25, 0.3) is 17.5 Å². The molecule has 3 aromatic carbocycles. The van der Waals surface area contributed by atoms with Crippen molar-refractivity contribution in [3.05, 3.63) is 103 Å². The average molecular weight is 557 g/mol. The highest BCUT2D eigenvalue weighted by molar-refractivity contribution is 9.10. The van der Waals surface area contributed by atoms with Crippen LogP contribution in [0.5, 0.6) is 5.75 Å². The molecule has 176 valence electrons. The van der Waals surface area contributed by atoms with Gasteiger partial charge in [0, 0.05) is 27.2 Å². The maximum Gasteiger partial charge on any atom is 0.335 e. The number of nitrogens with zero attached hydrogens (tertiary/aromatic N) is 2. The van der Waals surface area contributed by atoms with Gasteiger partial charge in [-0.1, -0.05) is 33.6 Å². The molecule has 3 aromatic rings. The van der Waals surface area contributed by atoms with Gasteiger partial charge in [-0.2, -0.15) is 0 Å². The Bertz CT molecular complexity index is 1390. The van der Waals surface area contributed by atoms with E-state index in [1.54, 1.807) is 42.5 Å². The van der Waals surface area contributed by atoms with Crippen molar-refractivity contribution >= 4 is 62.8 Å². The normalized spacial score (nSPS) is 14.7. The van der Waals surface area contributed by atoms with Gasteiger partial charge in [0.15, 0.2) is 0 Å². The highest BCUT2D eigenvalue weighted by Gasteiger charge is 2.37. The number of hydrogen-bond acceptors (Lipinski definition) is 6. The van der Waals surface area contributed by atoms with Crippen molar-refractivity contribution in [2.24, 2.45) is 0 Å². The van der Waals surface area contributed by atoms with Gasteiger partial charge in [-0.3, -0.25) is 25.0 Å². The molecule has 0 radical (unpaired) electrons. The quantitative estimate of drug-likeness (QED) is 0.192. The van der Waals surface area contributed by atoms with Crippen molar-refractivity contribution < 1.29 is 24.0 Å². The van der Waals surface area contributed by atoms with Gasteiger partial charge in [-0.15, -0.1) is 0 Å². The minimum Gasteiger partial charge on any atom is -0.488 e. The molecule has 0 spiro atoms. The summed E-state index contributed by atoms with van der Waals surface area (Å²) in [5, 5.41) is 13.3. The molecule has 0 saturated carbocycles. The Hall–Kier alpha value is -4.02. The van der Waals surface area contributed by atoms with Gasteiger partial charge in [-0.25, -0.2) is 9.69 Å². The second-order valence-electron chi connectivity index (χ2n) is 7.33. The molecule has 1 aliphatic rings. The molecule has 11 heteroatoms. The number of urea groups is 1. The summed E-state index contributed by atoms with van der Waals surface area (Å²) in [6.07, 6.45) is 1.33. The second kappa shape index (κ2) is 10.1. The van der Waals surface area contributed by atoms with E-state index in [-0.39, 0.29) is 23.6 Å². The molecular weight excluding hydrogens is 542 g/mol. The predicted octanol–water partition coefficient (Wildman–Crippen LogP) is 5.26. The summed E-state index contributed by atoms with van der Waals surface area (Å²) in [5.74, 6) is -1.31. The number of carbonyl (C=O) groups is 3. The molecule has 4 amide bonds. The Morgan fingerprint density at radius 2 is 1.80 bits per heavy atom. The van der Waals surface area contributed by atoms with E-state index < -0.39 is 22.8 Å². The number of nitro groups is 1. The van der Waals surface area contributed by atoms with E-state index in [1.807, 2.05) is 0 Å². The minimum absolute atomic E-state index is 0.0385. The van der Waals surface area contributed by atoms with Crippen LogP contribution in [0.25, 0.3) is 6.08 Å². The lowest BCUT2D eigenvalue weighted by Crippen LogP contribution is -2.54. The maximum atomic E-state index is 13.2. The molecule has 1 saturated heterocycles. The number of non-ortho nitro benzene ring substituents is 1. The van der Waals surface area contributed by atoms with Gasteiger partial charge in [0.05, 0.1) is 10.6 Å². The fourth-order valence-corrected chi connectivity index (χ4v) is 3.86. The standard InChI is InChI=1S/C24H15BrClN3O6/c25-16-6-9-21(35-13-14-4-7-18(8-5-14)29(33)34)15(10-16)11-20-22(30)27-24(32)28(23(20)31)19-3-1-2-17(26)12-19/h1-12H,13H2,(H,27,30,32)/b20-11+. The predicted molar refractivity (Wildman–Crippen MR) is 132 cm³/mol. The fraction of sp³-hybridized carbons (Fsp3) is 0.0417.